The van der Waals surface area contributed by atoms with Crippen molar-refractivity contribution in [1.82, 2.24) is 5.32 Å². The maximum Gasteiger partial charge on any atom is 0.328 e. The minimum absolute atomic E-state index is 0.0236. The van der Waals surface area contributed by atoms with E-state index in [1.807, 2.05) is 39.8 Å². The second-order valence-corrected chi connectivity index (χ2v) is 5.25. The fourth-order valence-electron chi connectivity index (χ4n) is 1.84. The highest BCUT2D eigenvalue weighted by Crippen LogP contribution is 2.11. The van der Waals surface area contributed by atoms with Crippen LogP contribution in [0.5, 0.6) is 0 Å². The van der Waals surface area contributed by atoms with E-state index in [1.54, 1.807) is 13.0 Å². The van der Waals surface area contributed by atoms with Crippen LogP contribution < -0.4 is 5.32 Å². The summed E-state index contributed by atoms with van der Waals surface area (Å²) < 4.78 is 4.99. The number of carbonyl (C=O) groups excluding carboxylic acids is 2. The van der Waals surface area contributed by atoms with E-state index < -0.39 is 6.04 Å². The molecule has 1 rings (SSSR count). The van der Waals surface area contributed by atoms with E-state index in [0.717, 1.165) is 11.1 Å². The molecule has 20 heavy (non-hydrogen) atoms. The topological polar surface area (TPSA) is 55.4 Å². The molecule has 1 aromatic rings. The molecule has 1 atom stereocenters. The van der Waals surface area contributed by atoms with Crippen molar-refractivity contribution in [2.24, 2.45) is 5.92 Å². The van der Waals surface area contributed by atoms with Gasteiger partial charge < -0.3 is 10.1 Å². The van der Waals surface area contributed by atoms with Crippen LogP contribution in [0.4, 0.5) is 0 Å². The Labute approximate surface area is 120 Å². The van der Waals surface area contributed by atoms with Crippen molar-refractivity contribution in [2.45, 2.75) is 40.7 Å². The van der Waals surface area contributed by atoms with Gasteiger partial charge in [-0.1, -0.05) is 19.9 Å². The quantitative estimate of drug-likeness (QED) is 0.842. The predicted octanol–water partition coefficient (Wildman–Crippen LogP) is 2.62. The van der Waals surface area contributed by atoms with Crippen LogP contribution in [-0.4, -0.2) is 24.5 Å². The van der Waals surface area contributed by atoms with Gasteiger partial charge in [-0.05, 0) is 49.9 Å². The van der Waals surface area contributed by atoms with E-state index in [9.17, 15) is 9.59 Å². The van der Waals surface area contributed by atoms with E-state index in [1.165, 1.54) is 0 Å². The SMILES string of the molecule is CCOC(=O)[C@@H](NC(=O)c1ccc(C)c(C)c1)C(C)C. The summed E-state index contributed by atoms with van der Waals surface area (Å²) in [5, 5.41) is 2.75. The zero-order valence-corrected chi connectivity index (χ0v) is 12.8. The third-order valence-electron chi connectivity index (χ3n) is 3.26. The molecule has 4 heteroatoms. The Balaban J connectivity index is 2.85. The molecule has 0 aromatic heterocycles. The van der Waals surface area contributed by atoms with E-state index in [2.05, 4.69) is 5.32 Å². The number of rotatable bonds is 5. The molecular weight excluding hydrogens is 254 g/mol. The summed E-state index contributed by atoms with van der Waals surface area (Å²) in [6, 6.07) is 4.87. The van der Waals surface area contributed by atoms with E-state index >= 15 is 0 Å². The summed E-state index contributed by atoms with van der Waals surface area (Å²) in [5.74, 6) is -0.663. The lowest BCUT2D eigenvalue weighted by molar-refractivity contribution is -0.146. The molecule has 0 unspecified atom stereocenters. The fraction of sp³-hybridized carbons (Fsp3) is 0.500. The minimum atomic E-state index is -0.621. The molecular formula is C16H23NO3. The average Bonchev–Trinajstić information content (AvgIpc) is 2.38. The van der Waals surface area contributed by atoms with Crippen molar-refractivity contribution in [3.8, 4) is 0 Å². The molecule has 4 nitrogen and oxygen atoms in total. The summed E-state index contributed by atoms with van der Waals surface area (Å²) >= 11 is 0. The van der Waals surface area contributed by atoms with E-state index in [0.29, 0.717) is 12.2 Å². The second-order valence-electron chi connectivity index (χ2n) is 5.25. The van der Waals surface area contributed by atoms with Gasteiger partial charge in [0, 0.05) is 5.56 Å². The molecule has 0 bridgehead atoms. The van der Waals surface area contributed by atoms with Crippen molar-refractivity contribution in [3.63, 3.8) is 0 Å². The third kappa shape index (κ3) is 4.08. The molecule has 0 fully saturated rings. The van der Waals surface area contributed by atoms with Crippen LogP contribution in [0.1, 0.15) is 42.3 Å². The normalized spacial score (nSPS) is 12.1. The summed E-state index contributed by atoms with van der Waals surface area (Å²) in [7, 11) is 0. The molecule has 0 aliphatic heterocycles. The average molecular weight is 277 g/mol. The first kappa shape index (κ1) is 16.2. The van der Waals surface area contributed by atoms with Gasteiger partial charge in [0.1, 0.15) is 6.04 Å². The Bertz CT molecular complexity index is 494. The van der Waals surface area contributed by atoms with Gasteiger partial charge in [-0.3, -0.25) is 4.79 Å². The van der Waals surface area contributed by atoms with Crippen LogP contribution in [0.3, 0.4) is 0 Å². The molecule has 0 aliphatic rings. The van der Waals surface area contributed by atoms with Gasteiger partial charge in [-0.2, -0.15) is 0 Å². The molecule has 0 spiro atoms. The monoisotopic (exact) mass is 277 g/mol. The first-order chi connectivity index (χ1) is 9.36. The minimum Gasteiger partial charge on any atom is -0.464 e. The Hall–Kier alpha value is -1.84. The van der Waals surface area contributed by atoms with Gasteiger partial charge in [0.2, 0.25) is 0 Å². The van der Waals surface area contributed by atoms with Gasteiger partial charge in [-0.15, -0.1) is 0 Å². The molecule has 110 valence electrons. The molecule has 0 heterocycles. The van der Waals surface area contributed by atoms with Crippen molar-refractivity contribution in [2.75, 3.05) is 6.61 Å². The number of esters is 1. The largest absolute Gasteiger partial charge is 0.464 e. The molecule has 0 saturated heterocycles. The van der Waals surface area contributed by atoms with Crippen molar-refractivity contribution in [1.29, 1.82) is 0 Å². The van der Waals surface area contributed by atoms with E-state index in [4.69, 9.17) is 4.74 Å². The van der Waals surface area contributed by atoms with Crippen LogP contribution in [0, 0.1) is 19.8 Å². The smallest absolute Gasteiger partial charge is 0.328 e. The molecule has 0 saturated carbocycles. The number of nitrogens with one attached hydrogen (secondary N) is 1. The van der Waals surface area contributed by atoms with Crippen LogP contribution in [0.15, 0.2) is 18.2 Å². The number of ether oxygens (including phenoxy) is 1. The van der Waals surface area contributed by atoms with Crippen LogP contribution >= 0.6 is 0 Å². The Morgan fingerprint density at radius 3 is 2.35 bits per heavy atom. The van der Waals surface area contributed by atoms with Crippen LogP contribution in [0.25, 0.3) is 0 Å². The summed E-state index contributed by atoms with van der Waals surface area (Å²) in [6.45, 7) is 9.76. The standard InChI is InChI=1S/C16H23NO3/c1-6-20-16(19)14(10(2)3)17-15(18)13-8-7-11(4)12(5)9-13/h7-10,14H,6H2,1-5H3,(H,17,18)/t14-/m0/s1. The van der Waals surface area contributed by atoms with Crippen molar-refractivity contribution in [3.05, 3.63) is 34.9 Å². The first-order valence-electron chi connectivity index (χ1n) is 6.91. The predicted molar refractivity (Wildman–Crippen MR) is 78.6 cm³/mol. The van der Waals surface area contributed by atoms with Gasteiger partial charge in [0.05, 0.1) is 6.61 Å². The molecule has 0 radical (unpaired) electrons. The molecule has 1 amide bonds. The van der Waals surface area contributed by atoms with Crippen LogP contribution in [-0.2, 0) is 9.53 Å². The summed E-state index contributed by atoms with van der Waals surface area (Å²) in [6.07, 6.45) is 0. The van der Waals surface area contributed by atoms with Gasteiger partial charge in [0.15, 0.2) is 0 Å². The van der Waals surface area contributed by atoms with Gasteiger partial charge >= 0.3 is 5.97 Å². The Morgan fingerprint density at radius 1 is 1.20 bits per heavy atom. The summed E-state index contributed by atoms with van der Waals surface area (Å²) in [5.41, 5.74) is 2.74. The highest BCUT2D eigenvalue weighted by atomic mass is 16.5. The fourth-order valence-corrected chi connectivity index (χ4v) is 1.84. The lowest BCUT2D eigenvalue weighted by Crippen LogP contribution is -2.45. The van der Waals surface area contributed by atoms with Crippen molar-refractivity contribution >= 4 is 11.9 Å². The lowest BCUT2D eigenvalue weighted by atomic mass is 10.0. The number of carbonyl (C=O) groups is 2. The zero-order chi connectivity index (χ0) is 15.3. The maximum absolute atomic E-state index is 12.2. The molecule has 1 N–H and O–H groups in total. The molecule has 1 aromatic carbocycles. The zero-order valence-electron chi connectivity index (χ0n) is 12.8. The number of benzene rings is 1. The highest BCUT2D eigenvalue weighted by Gasteiger charge is 2.25. The first-order valence-corrected chi connectivity index (χ1v) is 6.91. The lowest BCUT2D eigenvalue weighted by Gasteiger charge is -2.20. The van der Waals surface area contributed by atoms with Crippen LogP contribution in [0.2, 0.25) is 0 Å². The number of hydrogen-bond acceptors (Lipinski definition) is 3. The highest BCUT2D eigenvalue weighted by molar-refractivity contribution is 5.97. The van der Waals surface area contributed by atoms with Gasteiger partial charge in [-0.25, -0.2) is 4.79 Å². The number of aryl methyl sites for hydroxylation is 2. The Morgan fingerprint density at radius 2 is 1.85 bits per heavy atom. The Kier molecular flexibility index (Phi) is 5.74. The number of amides is 1. The van der Waals surface area contributed by atoms with Gasteiger partial charge in [0.25, 0.3) is 5.91 Å². The van der Waals surface area contributed by atoms with Crippen molar-refractivity contribution < 1.29 is 14.3 Å². The number of hydrogen-bond donors (Lipinski definition) is 1. The summed E-state index contributed by atoms with van der Waals surface area (Å²) in [4.78, 5) is 24.0. The maximum atomic E-state index is 12.2. The third-order valence-corrected chi connectivity index (χ3v) is 3.26. The van der Waals surface area contributed by atoms with E-state index in [-0.39, 0.29) is 17.8 Å². The second kappa shape index (κ2) is 7.08. The molecule has 0 aliphatic carbocycles.